The predicted octanol–water partition coefficient (Wildman–Crippen LogP) is 3.10. The van der Waals surface area contributed by atoms with Crippen LogP contribution in [0.2, 0.25) is 0 Å². The zero-order valence-electron chi connectivity index (χ0n) is 12.1. The van der Waals surface area contributed by atoms with Gasteiger partial charge in [0.15, 0.2) is 0 Å². The average molecular weight is 271 g/mol. The van der Waals surface area contributed by atoms with Crippen molar-refractivity contribution in [3.05, 3.63) is 54.1 Å². The van der Waals surface area contributed by atoms with Crippen molar-refractivity contribution < 1.29 is 9.47 Å². The van der Waals surface area contributed by atoms with E-state index < -0.39 is 0 Å². The lowest BCUT2D eigenvalue weighted by Gasteiger charge is -2.14. The van der Waals surface area contributed by atoms with Gasteiger partial charge in [-0.1, -0.05) is 42.5 Å². The van der Waals surface area contributed by atoms with E-state index in [0.717, 1.165) is 17.9 Å². The van der Waals surface area contributed by atoms with Crippen LogP contribution in [0.25, 0.3) is 11.1 Å². The normalized spacial score (nSPS) is 10.5. The molecule has 0 saturated carbocycles. The van der Waals surface area contributed by atoms with E-state index in [0.29, 0.717) is 13.2 Å². The lowest BCUT2D eigenvalue weighted by atomic mass is 9.99. The van der Waals surface area contributed by atoms with Crippen molar-refractivity contribution >= 4 is 0 Å². The number of para-hydroxylation sites is 1. The summed E-state index contributed by atoms with van der Waals surface area (Å²) in [6.45, 7) is 1.98. The van der Waals surface area contributed by atoms with Crippen LogP contribution in [0.15, 0.2) is 48.5 Å². The van der Waals surface area contributed by atoms with Gasteiger partial charge < -0.3 is 14.8 Å². The molecule has 0 bridgehead atoms. The number of ether oxygens (including phenoxy) is 2. The second-order valence-corrected chi connectivity index (χ2v) is 4.52. The first-order valence-electron chi connectivity index (χ1n) is 6.80. The SMILES string of the molecule is CNCc1ccccc1-c1ccccc1OCCOC. The van der Waals surface area contributed by atoms with E-state index in [4.69, 9.17) is 9.47 Å². The minimum atomic E-state index is 0.557. The minimum absolute atomic E-state index is 0.557. The van der Waals surface area contributed by atoms with Gasteiger partial charge in [0, 0.05) is 19.2 Å². The van der Waals surface area contributed by atoms with Gasteiger partial charge in [-0.3, -0.25) is 0 Å². The first-order chi connectivity index (χ1) is 9.86. The van der Waals surface area contributed by atoms with E-state index in [2.05, 4.69) is 35.6 Å². The van der Waals surface area contributed by atoms with Gasteiger partial charge in [-0.2, -0.15) is 0 Å². The Morgan fingerprint density at radius 3 is 2.35 bits per heavy atom. The summed E-state index contributed by atoms with van der Waals surface area (Å²) in [5.41, 5.74) is 3.59. The molecule has 1 N–H and O–H groups in total. The second-order valence-electron chi connectivity index (χ2n) is 4.52. The molecule has 0 aliphatic rings. The smallest absolute Gasteiger partial charge is 0.127 e. The molecule has 0 aliphatic heterocycles. The van der Waals surface area contributed by atoms with Crippen LogP contribution in [-0.2, 0) is 11.3 Å². The molecule has 3 nitrogen and oxygen atoms in total. The van der Waals surface area contributed by atoms with Crippen LogP contribution in [0.5, 0.6) is 5.75 Å². The molecule has 106 valence electrons. The molecule has 0 saturated heterocycles. The molecule has 0 unspecified atom stereocenters. The Labute approximate surface area is 120 Å². The Morgan fingerprint density at radius 2 is 1.60 bits per heavy atom. The molecule has 2 aromatic rings. The first-order valence-corrected chi connectivity index (χ1v) is 6.80. The zero-order chi connectivity index (χ0) is 14.2. The summed E-state index contributed by atoms with van der Waals surface area (Å²) >= 11 is 0. The molecule has 2 aromatic carbocycles. The molecule has 0 aliphatic carbocycles. The molecule has 0 heterocycles. The van der Waals surface area contributed by atoms with E-state index in [-0.39, 0.29) is 0 Å². The quantitative estimate of drug-likeness (QED) is 0.785. The number of hydrogen-bond acceptors (Lipinski definition) is 3. The highest BCUT2D eigenvalue weighted by Gasteiger charge is 2.09. The monoisotopic (exact) mass is 271 g/mol. The van der Waals surface area contributed by atoms with Gasteiger partial charge in [0.25, 0.3) is 0 Å². The van der Waals surface area contributed by atoms with Gasteiger partial charge in [-0.05, 0) is 24.2 Å². The minimum Gasteiger partial charge on any atom is -0.491 e. The number of hydrogen-bond donors (Lipinski definition) is 1. The Kier molecular flexibility index (Phi) is 5.59. The third kappa shape index (κ3) is 3.59. The zero-order valence-corrected chi connectivity index (χ0v) is 12.1. The summed E-state index contributed by atoms with van der Waals surface area (Å²) in [7, 11) is 3.63. The lowest BCUT2D eigenvalue weighted by molar-refractivity contribution is 0.146. The van der Waals surface area contributed by atoms with E-state index in [1.165, 1.54) is 11.1 Å². The van der Waals surface area contributed by atoms with Gasteiger partial charge in [0.05, 0.1) is 6.61 Å². The molecular weight excluding hydrogens is 250 g/mol. The maximum atomic E-state index is 5.82. The van der Waals surface area contributed by atoms with Crippen molar-refractivity contribution in [3.63, 3.8) is 0 Å². The highest BCUT2D eigenvalue weighted by atomic mass is 16.5. The number of nitrogens with one attached hydrogen (secondary N) is 1. The van der Waals surface area contributed by atoms with Crippen molar-refractivity contribution in [3.8, 4) is 16.9 Å². The Balaban J connectivity index is 2.32. The summed E-state index contributed by atoms with van der Waals surface area (Å²) in [5, 5.41) is 3.21. The molecule has 0 spiro atoms. The highest BCUT2D eigenvalue weighted by Crippen LogP contribution is 2.32. The maximum Gasteiger partial charge on any atom is 0.127 e. The third-order valence-corrected chi connectivity index (χ3v) is 3.11. The van der Waals surface area contributed by atoms with Gasteiger partial charge in [-0.25, -0.2) is 0 Å². The van der Waals surface area contributed by atoms with Crippen molar-refractivity contribution in [1.29, 1.82) is 0 Å². The number of rotatable bonds is 7. The Morgan fingerprint density at radius 1 is 0.900 bits per heavy atom. The standard InChI is InChI=1S/C17H21NO2/c1-18-13-14-7-3-4-8-15(14)16-9-5-6-10-17(16)20-12-11-19-2/h3-10,18H,11-13H2,1-2H3. The van der Waals surface area contributed by atoms with E-state index in [1.54, 1.807) is 7.11 Å². The second kappa shape index (κ2) is 7.68. The van der Waals surface area contributed by atoms with E-state index in [1.807, 2.05) is 25.2 Å². The van der Waals surface area contributed by atoms with Crippen LogP contribution in [-0.4, -0.2) is 27.4 Å². The van der Waals surface area contributed by atoms with Crippen molar-refractivity contribution in [2.24, 2.45) is 0 Å². The van der Waals surface area contributed by atoms with Gasteiger partial charge >= 0.3 is 0 Å². The van der Waals surface area contributed by atoms with Crippen LogP contribution in [0.1, 0.15) is 5.56 Å². The number of benzene rings is 2. The third-order valence-electron chi connectivity index (χ3n) is 3.11. The molecule has 0 atom stereocenters. The fourth-order valence-electron chi connectivity index (χ4n) is 2.18. The fourth-order valence-corrected chi connectivity index (χ4v) is 2.18. The average Bonchev–Trinajstić information content (AvgIpc) is 2.49. The molecule has 20 heavy (non-hydrogen) atoms. The molecular formula is C17H21NO2. The van der Waals surface area contributed by atoms with E-state index in [9.17, 15) is 0 Å². The summed E-state index contributed by atoms with van der Waals surface area (Å²) in [6.07, 6.45) is 0. The van der Waals surface area contributed by atoms with Crippen molar-refractivity contribution in [2.75, 3.05) is 27.4 Å². The van der Waals surface area contributed by atoms with Gasteiger partial charge in [-0.15, -0.1) is 0 Å². The molecule has 0 fully saturated rings. The van der Waals surface area contributed by atoms with Crippen LogP contribution in [0.4, 0.5) is 0 Å². The largest absolute Gasteiger partial charge is 0.491 e. The maximum absolute atomic E-state index is 5.82. The van der Waals surface area contributed by atoms with Crippen LogP contribution in [0, 0.1) is 0 Å². The molecule has 0 amide bonds. The summed E-state index contributed by atoms with van der Waals surface area (Å²) in [6, 6.07) is 16.5. The molecule has 2 rings (SSSR count). The number of methoxy groups -OCH3 is 1. The van der Waals surface area contributed by atoms with E-state index >= 15 is 0 Å². The summed E-state index contributed by atoms with van der Waals surface area (Å²) in [5.74, 6) is 0.896. The Bertz CT molecular complexity index is 540. The highest BCUT2D eigenvalue weighted by molar-refractivity contribution is 5.73. The topological polar surface area (TPSA) is 30.5 Å². The van der Waals surface area contributed by atoms with Gasteiger partial charge in [0.2, 0.25) is 0 Å². The first kappa shape index (κ1) is 14.6. The predicted molar refractivity (Wildman–Crippen MR) is 82.0 cm³/mol. The molecule has 0 radical (unpaired) electrons. The van der Waals surface area contributed by atoms with Crippen molar-refractivity contribution in [2.45, 2.75) is 6.54 Å². The molecule has 0 aromatic heterocycles. The molecule has 3 heteroatoms. The Hall–Kier alpha value is -1.84. The van der Waals surface area contributed by atoms with Gasteiger partial charge in [0.1, 0.15) is 12.4 Å². The lowest BCUT2D eigenvalue weighted by Crippen LogP contribution is -2.07. The summed E-state index contributed by atoms with van der Waals surface area (Å²) < 4.78 is 10.9. The van der Waals surface area contributed by atoms with Crippen molar-refractivity contribution in [1.82, 2.24) is 5.32 Å². The van der Waals surface area contributed by atoms with Crippen LogP contribution >= 0.6 is 0 Å². The summed E-state index contributed by atoms with van der Waals surface area (Å²) in [4.78, 5) is 0. The fraction of sp³-hybridized carbons (Fsp3) is 0.294. The van der Waals surface area contributed by atoms with Crippen LogP contribution < -0.4 is 10.1 Å². The van der Waals surface area contributed by atoms with Crippen LogP contribution in [0.3, 0.4) is 0 Å².